The van der Waals surface area contributed by atoms with E-state index < -0.39 is 0 Å². The summed E-state index contributed by atoms with van der Waals surface area (Å²) in [6, 6.07) is 19.9. The number of nitrogens with zero attached hydrogens (tertiary/aromatic N) is 1. The van der Waals surface area contributed by atoms with Gasteiger partial charge in [0.25, 0.3) is 0 Å². The van der Waals surface area contributed by atoms with Crippen molar-refractivity contribution >= 4 is 78.2 Å². The van der Waals surface area contributed by atoms with Crippen molar-refractivity contribution in [1.82, 2.24) is 4.98 Å². The molecule has 0 saturated heterocycles. The molecule has 0 fully saturated rings. The lowest BCUT2D eigenvalue weighted by Crippen LogP contribution is -2.17. The number of rotatable bonds is 6. The number of thiazole rings is 1. The normalized spacial score (nSPS) is 10.9. The van der Waals surface area contributed by atoms with Crippen molar-refractivity contribution in [2.45, 2.75) is 4.34 Å². The molecule has 0 atom stereocenters. The van der Waals surface area contributed by atoms with Gasteiger partial charge >= 0.3 is 0 Å². The molecule has 4 aromatic rings. The van der Waals surface area contributed by atoms with Crippen molar-refractivity contribution in [2.75, 3.05) is 11.1 Å². The van der Waals surface area contributed by atoms with Crippen LogP contribution in [-0.4, -0.2) is 22.4 Å². The molecule has 1 heterocycles. The number of aromatic nitrogens is 1. The number of hydrogen-bond acceptors (Lipinski definition) is 5. The zero-order valence-corrected chi connectivity index (χ0v) is 19.4. The van der Waals surface area contributed by atoms with E-state index in [4.69, 9.17) is 11.6 Å². The van der Waals surface area contributed by atoms with E-state index in [9.17, 15) is 9.59 Å². The van der Waals surface area contributed by atoms with Crippen LogP contribution in [0, 0.1) is 0 Å². The van der Waals surface area contributed by atoms with Crippen LogP contribution in [0.4, 0.5) is 5.69 Å². The van der Waals surface area contributed by atoms with E-state index in [0.29, 0.717) is 21.8 Å². The average Bonchev–Trinajstić information content (AvgIpc) is 3.16. The van der Waals surface area contributed by atoms with Crippen LogP contribution in [0.5, 0.6) is 0 Å². The van der Waals surface area contributed by atoms with Crippen molar-refractivity contribution in [2.24, 2.45) is 0 Å². The van der Waals surface area contributed by atoms with Crippen LogP contribution in [0.2, 0.25) is 5.02 Å². The van der Waals surface area contributed by atoms with Crippen molar-refractivity contribution in [3.63, 3.8) is 0 Å². The van der Waals surface area contributed by atoms with Gasteiger partial charge in [-0.1, -0.05) is 63.6 Å². The van der Waals surface area contributed by atoms with E-state index >= 15 is 0 Å². The molecule has 0 unspecified atom stereocenters. The standard InChI is InChI=1S/C22H14BrClN2O2S2/c23-13-9-10-17(15(11-13)21(28)14-5-1-2-6-16(14)24)25-20(27)12-29-22-26-18-7-3-4-8-19(18)30-22/h1-11H,12H2,(H,25,27). The first-order valence-electron chi connectivity index (χ1n) is 8.88. The maximum Gasteiger partial charge on any atom is 0.234 e. The second kappa shape index (κ2) is 9.31. The maximum atomic E-state index is 13.0. The monoisotopic (exact) mass is 516 g/mol. The van der Waals surface area contributed by atoms with E-state index in [1.165, 1.54) is 11.8 Å². The number of carbonyl (C=O) groups is 2. The third-order valence-electron chi connectivity index (χ3n) is 4.22. The maximum absolute atomic E-state index is 13.0. The SMILES string of the molecule is O=C(CSc1nc2ccccc2s1)Nc1ccc(Br)cc1C(=O)c1ccccc1Cl. The molecule has 0 bridgehead atoms. The van der Waals surface area contributed by atoms with Crippen LogP contribution in [0.3, 0.4) is 0 Å². The Labute approximate surface area is 194 Å². The van der Waals surface area contributed by atoms with Crippen molar-refractivity contribution in [1.29, 1.82) is 0 Å². The van der Waals surface area contributed by atoms with Crippen LogP contribution in [0.15, 0.2) is 75.5 Å². The van der Waals surface area contributed by atoms with Crippen molar-refractivity contribution in [3.8, 4) is 0 Å². The number of nitrogens with one attached hydrogen (secondary N) is 1. The molecule has 4 nitrogen and oxygen atoms in total. The highest BCUT2D eigenvalue weighted by atomic mass is 79.9. The Morgan fingerprint density at radius 1 is 1.03 bits per heavy atom. The second-order valence-corrected chi connectivity index (χ2v) is 9.86. The van der Waals surface area contributed by atoms with Gasteiger partial charge < -0.3 is 5.32 Å². The smallest absolute Gasteiger partial charge is 0.234 e. The molecule has 1 aromatic heterocycles. The number of halogens is 2. The van der Waals surface area contributed by atoms with Gasteiger partial charge in [-0.25, -0.2) is 4.98 Å². The molecule has 150 valence electrons. The van der Waals surface area contributed by atoms with Crippen LogP contribution in [0.25, 0.3) is 10.2 Å². The molecule has 1 N–H and O–H groups in total. The third kappa shape index (κ3) is 4.75. The molecule has 0 radical (unpaired) electrons. The Bertz CT molecular complexity index is 1230. The summed E-state index contributed by atoms with van der Waals surface area (Å²) in [5.74, 6) is -0.277. The molecular formula is C22H14BrClN2O2S2. The largest absolute Gasteiger partial charge is 0.325 e. The first-order valence-corrected chi connectivity index (χ1v) is 11.9. The fourth-order valence-corrected chi connectivity index (χ4v) is 5.28. The molecule has 4 rings (SSSR count). The molecule has 8 heteroatoms. The molecule has 0 aliphatic heterocycles. The first-order chi connectivity index (χ1) is 14.5. The number of benzene rings is 3. The van der Waals surface area contributed by atoms with Gasteiger partial charge in [-0.15, -0.1) is 11.3 Å². The number of carbonyl (C=O) groups excluding carboxylic acids is 2. The van der Waals surface area contributed by atoms with Crippen LogP contribution >= 0.6 is 50.6 Å². The number of para-hydroxylation sites is 1. The summed E-state index contributed by atoms with van der Waals surface area (Å²) in [6.45, 7) is 0. The zero-order valence-electron chi connectivity index (χ0n) is 15.4. The summed E-state index contributed by atoms with van der Waals surface area (Å²) in [4.78, 5) is 30.1. The lowest BCUT2D eigenvalue weighted by Gasteiger charge is -2.11. The predicted molar refractivity (Wildman–Crippen MR) is 128 cm³/mol. The zero-order chi connectivity index (χ0) is 21.1. The number of thioether (sulfide) groups is 1. The number of fused-ring (bicyclic) bond motifs is 1. The number of hydrogen-bond donors (Lipinski definition) is 1. The number of amides is 1. The Morgan fingerprint density at radius 3 is 2.60 bits per heavy atom. The van der Waals surface area contributed by atoms with Gasteiger partial charge in [-0.05, 0) is 42.5 Å². The fraction of sp³-hybridized carbons (Fsp3) is 0.0455. The van der Waals surface area contributed by atoms with E-state index in [1.807, 2.05) is 24.3 Å². The van der Waals surface area contributed by atoms with E-state index in [-0.39, 0.29) is 17.4 Å². The predicted octanol–water partition coefficient (Wildman–Crippen LogP) is 6.67. The topological polar surface area (TPSA) is 59.1 Å². The second-order valence-electron chi connectivity index (χ2n) is 6.28. The Balaban J connectivity index is 1.50. The van der Waals surface area contributed by atoms with E-state index in [0.717, 1.165) is 19.0 Å². The molecular weight excluding hydrogens is 504 g/mol. The van der Waals surface area contributed by atoms with Gasteiger partial charge in [0.2, 0.25) is 5.91 Å². The molecule has 0 saturated carbocycles. The van der Waals surface area contributed by atoms with Crippen LogP contribution < -0.4 is 5.32 Å². The molecule has 30 heavy (non-hydrogen) atoms. The molecule has 0 aliphatic carbocycles. The molecule has 0 spiro atoms. The van der Waals surface area contributed by atoms with Crippen molar-refractivity contribution in [3.05, 3.63) is 87.4 Å². The van der Waals surface area contributed by atoms with E-state index in [1.54, 1.807) is 53.8 Å². The summed E-state index contributed by atoms with van der Waals surface area (Å²) in [5, 5.41) is 3.21. The lowest BCUT2D eigenvalue weighted by atomic mass is 10.0. The van der Waals surface area contributed by atoms with Crippen LogP contribution in [-0.2, 0) is 4.79 Å². The highest BCUT2D eigenvalue weighted by molar-refractivity contribution is 9.10. The minimum atomic E-state index is -0.254. The lowest BCUT2D eigenvalue weighted by molar-refractivity contribution is -0.113. The van der Waals surface area contributed by atoms with Gasteiger partial charge in [-0.2, -0.15) is 0 Å². The highest BCUT2D eigenvalue weighted by Gasteiger charge is 2.18. The summed E-state index contributed by atoms with van der Waals surface area (Å²) < 4.78 is 2.65. The quantitative estimate of drug-likeness (QED) is 0.229. The van der Waals surface area contributed by atoms with Crippen LogP contribution in [0.1, 0.15) is 15.9 Å². The van der Waals surface area contributed by atoms with E-state index in [2.05, 4.69) is 26.2 Å². The molecule has 0 aliphatic rings. The Morgan fingerprint density at radius 2 is 1.80 bits per heavy atom. The van der Waals surface area contributed by atoms with Gasteiger partial charge in [0.15, 0.2) is 10.1 Å². The molecule has 1 amide bonds. The fourth-order valence-electron chi connectivity index (χ4n) is 2.83. The number of ketones is 1. The van der Waals surface area contributed by atoms with Gasteiger partial charge in [0, 0.05) is 15.6 Å². The average molecular weight is 518 g/mol. The number of anilines is 1. The van der Waals surface area contributed by atoms with Gasteiger partial charge in [0.05, 0.1) is 26.7 Å². The van der Waals surface area contributed by atoms with Crippen molar-refractivity contribution < 1.29 is 9.59 Å². The minimum Gasteiger partial charge on any atom is -0.325 e. The Hall–Kier alpha value is -2.19. The summed E-state index contributed by atoms with van der Waals surface area (Å²) in [6.07, 6.45) is 0. The van der Waals surface area contributed by atoms with Gasteiger partial charge in [-0.3, -0.25) is 9.59 Å². The third-order valence-corrected chi connectivity index (χ3v) is 7.22. The highest BCUT2D eigenvalue weighted by Crippen LogP contribution is 2.30. The summed E-state index contributed by atoms with van der Waals surface area (Å²) in [5.41, 5.74) is 2.12. The first kappa shape index (κ1) is 21.1. The Kier molecular flexibility index (Phi) is 6.53. The molecule has 3 aromatic carbocycles. The summed E-state index contributed by atoms with van der Waals surface area (Å²) >= 11 is 12.5. The summed E-state index contributed by atoms with van der Waals surface area (Å²) in [7, 11) is 0. The van der Waals surface area contributed by atoms with Gasteiger partial charge in [0.1, 0.15) is 0 Å². The minimum absolute atomic E-state index is 0.190.